The number of amides is 1. The molecule has 172 valence electrons. The number of benzene rings is 2. The van der Waals surface area contributed by atoms with Crippen LogP contribution in [-0.2, 0) is 6.73 Å². The van der Waals surface area contributed by atoms with Gasteiger partial charge in [-0.15, -0.1) is 0 Å². The molecule has 0 aliphatic carbocycles. The van der Waals surface area contributed by atoms with Crippen molar-refractivity contribution in [3.8, 4) is 17.2 Å². The minimum absolute atomic E-state index is 0.0776. The first kappa shape index (κ1) is 22.7. The van der Waals surface area contributed by atoms with Gasteiger partial charge in [-0.05, 0) is 48.9 Å². The second kappa shape index (κ2) is 10.0. The number of rotatable bonds is 8. The van der Waals surface area contributed by atoms with Crippen LogP contribution in [0.3, 0.4) is 0 Å². The van der Waals surface area contributed by atoms with Crippen LogP contribution in [0.1, 0.15) is 16.1 Å². The third-order valence-corrected chi connectivity index (χ3v) is 5.02. The highest BCUT2D eigenvalue weighted by Crippen LogP contribution is 2.29. The summed E-state index contributed by atoms with van der Waals surface area (Å²) in [5, 5.41) is 18.8. The molecule has 4 rings (SSSR count). The van der Waals surface area contributed by atoms with E-state index in [1.165, 1.54) is 35.1 Å². The van der Waals surface area contributed by atoms with Crippen LogP contribution in [0.4, 0.5) is 11.4 Å². The number of pyridine rings is 1. The molecule has 0 aliphatic heterocycles. The maximum atomic E-state index is 12.7. The number of nitrogens with zero attached hydrogens (tertiary/aromatic N) is 4. The zero-order chi connectivity index (χ0) is 24.1. The van der Waals surface area contributed by atoms with Gasteiger partial charge in [0.2, 0.25) is 0 Å². The standard InChI is InChI=1S/C23H18ClN5O5/c1-15-9-18(4-5-21(15)24)33-14-28-8-6-22(27-28)23(30)26-16-10-17(29(31)32)12-20(11-16)34-19-3-2-7-25-13-19/h2-13H,14H2,1H3,(H,26,30). The largest absolute Gasteiger partial charge is 0.471 e. The van der Waals surface area contributed by atoms with E-state index in [1.54, 1.807) is 42.7 Å². The number of nitro groups is 1. The van der Waals surface area contributed by atoms with Crippen molar-refractivity contribution >= 4 is 28.9 Å². The minimum Gasteiger partial charge on any atom is -0.471 e. The summed E-state index contributed by atoms with van der Waals surface area (Å²) < 4.78 is 12.7. The number of non-ortho nitro benzene ring substituents is 1. The minimum atomic E-state index is -0.573. The highest BCUT2D eigenvalue weighted by molar-refractivity contribution is 6.31. The Bertz CT molecular complexity index is 1340. The summed E-state index contributed by atoms with van der Waals surface area (Å²) in [4.78, 5) is 27.4. The molecule has 0 spiro atoms. The van der Waals surface area contributed by atoms with Crippen molar-refractivity contribution in [3.05, 3.63) is 99.6 Å². The van der Waals surface area contributed by atoms with Gasteiger partial charge in [-0.2, -0.15) is 5.10 Å². The molecule has 0 saturated carbocycles. The SMILES string of the molecule is Cc1cc(OCn2ccc(C(=O)Nc3cc(Oc4cccnc4)cc([N+](=O)[O-])c3)n2)ccc1Cl. The van der Waals surface area contributed by atoms with Crippen molar-refractivity contribution in [1.29, 1.82) is 0 Å². The zero-order valence-electron chi connectivity index (χ0n) is 17.8. The first-order valence-electron chi connectivity index (χ1n) is 9.98. The molecule has 2 aromatic heterocycles. The number of ether oxygens (including phenoxy) is 2. The number of hydrogen-bond donors (Lipinski definition) is 1. The summed E-state index contributed by atoms with van der Waals surface area (Å²) in [5.74, 6) is 0.639. The highest BCUT2D eigenvalue weighted by atomic mass is 35.5. The fourth-order valence-electron chi connectivity index (χ4n) is 2.96. The Morgan fingerprint density at radius 1 is 1.15 bits per heavy atom. The van der Waals surface area contributed by atoms with E-state index < -0.39 is 10.8 Å². The van der Waals surface area contributed by atoms with Gasteiger partial charge in [0.1, 0.15) is 17.2 Å². The van der Waals surface area contributed by atoms with Crippen molar-refractivity contribution in [2.75, 3.05) is 5.32 Å². The maximum Gasteiger partial charge on any atom is 0.276 e. The van der Waals surface area contributed by atoms with E-state index in [-0.39, 0.29) is 29.5 Å². The number of aromatic nitrogens is 3. The predicted octanol–water partition coefficient (Wildman–Crippen LogP) is 5.23. The van der Waals surface area contributed by atoms with Crippen LogP contribution in [0.5, 0.6) is 17.2 Å². The third-order valence-electron chi connectivity index (χ3n) is 4.60. The van der Waals surface area contributed by atoms with E-state index in [4.69, 9.17) is 21.1 Å². The number of nitro benzene ring substituents is 1. The molecule has 0 atom stereocenters. The summed E-state index contributed by atoms with van der Waals surface area (Å²) in [6.07, 6.45) is 4.63. The van der Waals surface area contributed by atoms with Crippen LogP contribution in [0.15, 0.2) is 73.2 Å². The first-order valence-corrected chi connectivity index (χ1v) is 10.4. The first-order chi connectivity index (χ1) is 16.4. The fourth-order valence-corrected chi connectivity index (χ4v) is 3.08. The average Bonchev–Trinajstić information content (AvgIpc) is 3.30. The summed E-state index contributed by atoms with van der Waals surface area (Å²) >= 11 is 6.01. The second-order valence-electron chi connectivity index (χ2n) is 7.14. The fraction of sp³-hybridized carbons (Fsp3) is 0.0870. The highest BCUT2D eigenvalue weighted by Gasteiger charge is 2.16. The number of aryl methyl sites for hydroxylation is 1. The van der Waals surface area contributed by atoms with Crippen molar-refractivity contribution in [2.24, 2.45) is 0 Å². The Balaban J connectivity index is 1.45. The predicted molar refractivity (Wildman–Crippen MR) is 124 cm³/mol. The van der Waals surface area contributed by atoms with Crippen LogP contribution in [0.2, 0.25) is 5.02 Å². The Hall–Kier alpha value is -4.44. The van der Waals surface area contributed by atoms with Gasteiger partial charge in [-0.3, -0.25) is 19.9 Å². The monoisotopic (exact) mass is 479 g/mol. The molecule has 1 N–H and O–H groups in total. The quantitative estimate of drug-likeness (QED) is 0.271. The zero-order valence-corrected chi connectivity index (χ0v) is 18.6. The average molecular weight is 480 g/mol. The lowest BCUT2D eigenvalue weighted by atomic mass is 10.2. The lowest BCUT2D eigenvalue weighted by Gasteiger charge is -2.09. The van der Waals surface area contributed by atoms with E-state index in [2.05, 4.69) is 15.4 Å². The Morgan fingerprint density at radius 2 is 2.00 bits per heavy atom. The molecule has 4 aromatic rings. The van der Waals surface area contributed by atoms with E-state index >= 15 is 0 Å². The van der Waals surface area contributed by atoms with Gasteiger partial charge in [-0.1, -0.05) is 11.6 Å². The number of carbonyl (C=O) groups excluding carboxylic acids is 1. The molecule has 0 bridgehead atoms. The van der Waals surface area contributed by atoms with Gasteiger partial charge in [0.25, 0.3) is 11.6 Å². The molecule has 2 aromatic carbocycles. The number of halogens is 1. The van der Waals surface area contributed by atoms with E-state index in [0.717, 1.165) is 5.56 Å². The number of carbonyl (C=O) groups is 1. The van der Waals surface area contributed by atoms with Gasteiger partial charge in [0.05, 0.1) is 22.9 Å². The van der Waals surface area contributed by atoms with Gasteiger partial charge in [-0.25, -0.2) is 4.68 Å². The Morgan fingerprint density at radius 3 is 2.74 bits per heavy atom. The molecule has 34 heavy (non-hydrogen) atoms. The van der Waals surface area contributed by atoms with Crippen molar-refractivity contribution in [3.63, 3.8) is 0 Å². The number of nitrogens with one attached hydrogen (secondary N) is 1. The Kier molecular flexibility index (Phi) is 6.69. The lowest BCUT2D eigenvalue weighted by molar-refractivity contribution is -0.384. The molecule has 10 nitrogen and oxygen atoms in total. The van der Waals surface area contributed by atoms with Gasteiger partial charge in [0.15, 0.2) is 12.4 Å². The summed E-state index contributed by atoms with van der Waals surface area (Å²) in [5.41, 5.74) is 0.926. The van der Waals surface area contributed by atoms with Crippen molar-refractivity contribution in [2.45, 2.75) is 13.7 Å². The number of hydrogen-bond acceptors (Lipinski definition) is 7. The molecule has 2 heterocycles. The Labute approximate surface area is 198 Å². The maximum absolute atomic E-state index is 12.7. The summed E-state index contributed by atoms with van der Waals surface area (Å²) in [6.45, 7) is 1.95. The number of anilines is 1. The smallest absolute Gasteiger partial charge is 0.276 e. The summed E-state index contributed by atoms with van der Waals surface area (Å²) in [7, 11) is 0. The molecule has 0 unspecified atom stereocenters. The molecule has 0 radical (unpaired) electrons. The second-order valence-corrected chi connectivity index (χ2v) is 7.55. The lowest BCUT2D eigenvalue weighted by Crippen LogP contribution is -2.14. The third kappa shape index (κ3) is 5.67. The topological polar surface area (TPSA) is 121 Å². The molecular formula is C23H18ClN5O5. The van der Waals surface area contributed by atoms with Gasteiger partial charge in [0, 0.05) is 29.5 Å². The van der Waals surface area contributed by atoms with Gasteiger partial charge < -0.3 is 14.8 Å². The molecule has 0 fully saturated rings. The van der Waals surface area contributed by atoms with E-state index in [1.807, 2.05) is 6.92 Å². The van der Waals surface area contributed by atoms with Crippen LogP contribution in [-0.4, -0.2) is 25.6 Å². The molecular weight excluding hydrogens is 462 g/mol. The normalized spacial score (nSPS) is 10.5. The van der Waals surface area contributed by atoms with E-state index in [9.17, 15) is 14.9 Å². The van der Waals surface area contributed by atoms with Crippen molar-refractivity contribution in [1.82, 2.24) is 14.8 Å². The van der Waals surface area contributed by atoms with Crippen LogP contribution >= 0.6 is 11.6 Å². The molecule has 1 amide bonds. The summed E-state index contributed by atoms with van der Waals surface area (Å²) in [6, 6.07) is 14.1. The molecule has 0 saturated heterocycles. The molecule has 11 heteroatoms. The van der Waals surface area contributed by atoms with Crippen molar-refractivity contribution < 1.29 is 19.2 Å². The van der Waals surface area contributed by atoms with Crippen LogP contribution < -0.4 is 14.8 Å². The van der Waals surface area contributed by atoms with E-state index in [0.29, 0.717) is 16.5 Å². The molecule has 0 aliphatic rings. The van der Waals surface area contributed by atoms with Gasteiger partial charge >= 0.3 is 0 Å². The van der Waals surface area contributed by atoms with Crippen LogP contribution in [0.25, 0.3) is 0 Å². The van der Waals surface area contributed by atoms with Crippen LogP contribution in [0, 0.1) is 17.0 Å².